The molecule has 2 aliphatic heterocycles. The topological polar surface area (TPSA) is 49.9 Å². The van der Waals surface area contributed by atoms with Crippen molar-refractivity contribution in [3.63, 3.8) is 0 Å². The molecule has 0 aromatic heterocycles. The number of amides is 2. The van der Waals surface area contributed by atoms with E-state index in [0.717, 1.165) is 12.8 Å². The van der Waals surface area contributed by atoms with E-state index in [1.807, 2.05) is 0 Å². The van der Waals surface area contributed by atoms with Crippen molar-refractivity contribution < 1.29 is 14.3 Å². The molecule has 2 fully saturated rings. The van der Waals surface area contributed by atoms with Gasteiger partial charge in [0.25, 0.3) is 0 Å². The number of likely N-dealkylation sites (tertiary alicyclic amines) is 1. The average molecular weight is 211 g/mol. The fourth-order valence-electron chi connectivity index (χ4n) is 2.32. The molecule has 0 aromatic rings. The van der Waals surface area contributed by atoms with Gasteiger partial charge < -0.3 is 4.74 Å². The van der Waals surface area contributed by atoms with Gasteiger partial charge in [0.05, 0.1) is 12.1 Å². The zero-order valence-corrected chi connectivity index (χ0v) is 9.28. The highest BCUT2D eigenvalue weighted by atomic mass is 16.6. The van der Waals surface area contributed by atoms with Crippen molar-refractivity contribution in [1.82, 2.24) is 4.90 Å². The summed E-state index contributed by atoms with van der Waals surface area (Å²) in [7, 11) is 0. The number of nitrogens with zero attached hydrogens (tertiary/aromatic N) is 1. The molecule has 0 spiro atoms. The summed E-state index contributed by atoms with van der Waals surface area (Å²) < 4.78 is 5.62. The second-order valence-corrected chi connectivity index (χ2v) is 4.28. The van der Waals surface area contributed by atoms with Crippen LogP contribution in [0.4, 0.5) is 0 Å². The highest BCUT2D eigenvalue weighted by Gasteiger charge is 2.54. The monoisotopic (exact) mass is 211 g/mol. The largest absolute Gasteiger partial charge is 0.364 e. The molecule has 4 heteroatoms. The minimum Gasteiger partial charge on any atom is -0.364 e. The number of carbonyl (C=O) groups is 2. The van der Waals surface area contributed by atoms with E-state index in [0.29, 0.717) is 19.4 Å². The predicted molar refractivity (Wildman–Crippen MR) is 54.1 cm³/mol. The zero-order chi connectivity index (χ0) is 11.1. The highest BCUT2D eigenvalue weighted by Crippen LogP contribution is 2.43. The van der Waals surface area contributed by atoms with Gasteiger partial charge in [0.1, 0.15) is 6.10 Å². The molecule has 2 rings (SSSR count). The molecule has 0 radical (unpaired) electrons. The van der Waals surface area contributed by atoms with Crippen LogP contribution in [-0.4, -0.2) is 35.0 Å². The molecule has 0 bridgehead atoms. The highest BCUT2D eigenvalue weighted by molar-refractivity contribution is 6.01. The van der Waals surface area contributed by atoms with Crippen LogP contribution < -0.4 is 0 Å². The lowest BCUT2D eigenvalue weighted by molar-refractivity contribution is -0.138. The smallest absolute Gasteiger partial charge is 0.229 e. The molecule has 2 aliphatic rings. The Morgan fingerprint density at radius 1 is 1.27 bits per heavy atom. The normalized spacial score (nSPS) is 28.7. The SMILES string of the molecule is CCC1(CC)OC1CN1C(=O)CCC1=O. The van der Waals surface area contributed by atoms with E-state index in [2.05, 4.69) is 13.8 Å². The van der Waals surface area contributed by atoms with Gasteiger partial charge in [-0.1, -0.05) is 13.8 Å². The van der Waals surface area contributed by atoms with E-state index in [9.17, 15) is 9.59 Å². The lowest BCUT2D eigenvalue weighted by Crippen LogP contribution is -2.34. The Morgan fingerprint density at radius 3 is 2.20 bits per heavy atom. The number of carbonyl (C=O) groups excluding carboxylic acids is 2. The van der Waals surface area contributed by atoms with Crippen molar-refractivity contribution in [3.05, 3.63) is 0 Å². The maximum Gasteiger partial charge on any atom is 0.229 e. The van der Waals surface area contributed by atoms with Crippen LogP contribution in [0.3, 0.4) is 0 Å². The summed E-state index contributed by atoms with van der Waals surface area (Å²) in [6.07, 6.45) is 2.71. The maximum atomic E-state index is 11.4. The molecule has 0 N–H and O–H groups in total. The van der Waals surface area contributed by atoms with Crippen LogP contribution in [-0.2, 0) is 14.3 Å². The van der Waals surface area contributed by atoms with Crippen LogP contribution in [0.2, 0.25) is 0 Å². The van der Waals surface area contributed by atoms with Crippen molar-refractivity contribution in [2.24, 2.45) is 0 Å². The maximum absolute atomic E-state index is 11.4. The second-order valence-electron chi connectivity index (χ2n) is 4.28. The van der Waals surface area contributed by atoms with Crippen LogP contribution in [0, 0.1) is 0 Å². The molecule has 1 atom stereocenters. The van der Waals surface area contributed by atoms with Gasteiger partial charge in [0.15, 0.2) is 0 Å². The number of hydrogen-bond acceptors (Lipinski definition) is 3. The molecule has 2 heterocycles. The van der Waals surface area contributed by atoms with Gasteiger partial charge in [-0.2, -0.15) is 0 Å². The van der Waals surface area contributed by atoms with E-state index in [1.165, 1.54) is 4.90 Å². The molecule has 4 nitrogen and oxygen atoms in total. The number of ether oxygens (including phenoxy) is 1. The van der Waals surface area contributed by atoms with Gasteiger partial charge in [-0.25, -0.2) is 0 Å². The fourth-order valence-corrected chi connectivity index (χ4v) is 2.32. The summed E-state index contributed by atoms with van der Waals surface area (Å²) in [6.45, 7) is 4.62. The van der Waals surface area contributed by atoms with Crippen LogP contribution in [0.15, 0.2) is 0 Å². The predicted octanol–water partition coefficient (Wildman–Crippen LogP) is 1.09. The Morgan fingerprint density at radius 2 is 1.80 bits per heavy atom. The first-order valence-electron chi connectivity index (χ1n) is 5.64. The number of imide groups is 1. The minimum atomic E-state index is -0.0663. The standard InChI is InChI=1S/C11H17NO3/c1-3-11(4-2)8(15-11)7-12-9(13)5-6-10(12)14/h8H,3-7H2,1-2H3. The number of hydrogen-bond donors (Lipinski definition) is 0. The molecule has 84 valence electrons. The Hall–Kier alpha value is -0.900. The van der Waals surface area contributed by atoms with E-state index in [1.54, 1.807) is 0 Å². The molecule has 1 unspecified atom stereocenters. The Labute approximate surface area is 89.6 Å². The third-order valence-electron chi connectivity index (χ3n) is 3.61. The second kappa shape index (κ2) is 3.59. The van der Waals surface area contributed by atoms with Crippen LogP contribution >= 0.6 is 0 Å². The lowest BCUT2D eigenvalue weighted by atomic mass is 9.99. The van der Waals surface area contributed by atoms with Gasteiger partial charge in [-0.15, -0.1) is 0 Å². The molecule has 2 saturated heterocycles. The van der Waals surface area contributed by atoms with Gasteiger partial charge in [0.2, 0.25) is 11.8 Å². The van der Waals surface area contributed by atoms with Crippen molar-refractivity contribution in [1.29, 1.82) is 0 Å². The molecule has 2 amide bonds. The van der Waals surface area contributed by atoms with Crippen molar-refractivity contribution >= 4 is 11.8 Å². The fraction of sp³-hybridized carbons (Fsp3) is 0.818. The van der Waals surface area contributed by atoms with Gasteiger partial charge >= 0.3 is 0 Å². The van der Waals surface area contributed by atoms with Gasteiger partial charge in [-0.05, 0) is 12.8 Å². The third-order valence-corrected chi connectivity index (χ3v) is 3.61. The van der Waals surface area contributed by atoms with E-state index >= 15 is 0 Å². The molecule has 0 aromatic carbocycles. The van der Waals surface area contributed by atoms with Crippen LogP contribution in [0.1, 0.15) is 39.5 Å². The summed E-state index contributed by atoms with van der Waals surface area (Å²) >= 11 is 0. The Kier molecular flexibility index (Phi) is 2.54. The Balaban J connectivity index is 1.94. The summed E-state index contributed by atoms with van der Waals surface area (Å²) in [6, 6.07) is 0. The summed E-state index contributed by atoms with van der Waals surface area (Å²) in [4.78, 5) is 24.1. The molecule has 0 saturated carbocycles. The van der Waals surface area contributed by atoms with E-state index in [4.69, 9.17) is 4.74 Å². The van der Waals surface area contributed by atoms with Crippen LogP contribution in [0.25, 0.3) is 0 Å². The van der Waals surface area contributed by atoms with Crippen molar-refractivity contribution in [2.45, 2.75) is 51.2 Å². The number of rotatable bonds is 4. The first-order chi connectivity index (χ1) is 7.13. The summed E-state index contributed by atoms with van der Waals surface area (Å²) in [5.41, 5.74) is -0.0663. The molecular weight excluding hydrogens is 194 g/mol. The van der Waals surface area contributed by atoms with E-state index in [-0.39, 0.29) is 23.5 Å². The van der Waals surface area contributed by atoms with Gasteiger partial charge in [0, 0.05) is 12.8 Å². The lowest BCUT2D eigenvalue weighted by Gasteiger charge is -2.13. The van der Waals surface area contributed by atoms with E-state index < -0.39 is 0 Å². The third kappa shape index (κ3) is 1.67. The van der Waals surface area contributed by atoms with Crippen molar-refractivity contribution in [2.75, 3.05) is 6.54 Å². The molecule has 0 aliphatic carbocycles. The van der Waals surface area contributed by atoms with Gasteiger partial charge in [-0.3, -0.25) is 14.5 Å². The summed E-state index contributed by atoms with van der Waals surface area (Å²) in [5, 5.41) is 0. The average Bonchev–Trinajstić information content (AvgIpc) is 2.87. The van der Waals surface area contributed by atoms with Crippen LogP contribution in [0.5, 0.6) is 0 Å². The Bertz CT molecular complexity index is 280. The zero-order valence-electron chi connectivity index (χ0n) is 9.28. The molecular formula is C11H17NO3. The first-order valence-corrected chi connectivity index (χ1v) is 5.64. The quantitative estimate of drug-likeness (QED) is 0.516. The summed E-state index contributed by atoms with van der Waals surface area (Å²) in [5.74, 6) is -0.0896. The number of epoxide rings is 1. The minimum absolute atomic E-state index is 0.0448. The van der Waals surface area contributed by atoms with Crippen molar-refractivity contribution in [3.8, 4) is 0 Å². The first kappa shape index (κ1) is 10.6. The molecule has 15 heavy (non-hydrogen) atoms.